The highest BCUT2D eigenvalue weighted by atomic mass is 32.2. The second kappa shape index (κ2) is 6.77. The van der Waals surface area contributed by atoms with Gasteiger partial charge in [0, 0.05) is 17.0 Å². The summed E-state index contributed by atoms with van der Waals surface area (Å²) in [6, 6.07) is 10.4. The number of aromatic hydroxyl groups is 1. The van der Waals surface area contributed by atoms with Crippen LogP contribution in [0.3, 0.4) is 0 Å². The van der Waals surface area contributed by atoms with Crippen molar-refractivity contribution in [1.82, 2.24) is 0 Å². The van der Waals surface area contributed by atoms with Gasteiger partial charge in [-0.15, -0.1) is 4.40 Å². The normalized spacial score (nSPS) is 17.3. The lowest BCUT2D eigenvalue weighted by atomic mass is 9.87. The van der Waals surface area contributed by atoms with Gasteiger partial charge in [-0.25, -0.2) is 8.42 Å². The molecule has 2 aliphatic rings. The lowest BCUT2D eigenvalue weighted by Gasteiger charge is -2.22. The molecule has 0 fully saturated rings. The fraction of sp³-hybridized carbons (Fsp3) is 0.300. The molecule has 2 aromatic carbocycles. The zero-order chi connectivity index (χ0) is 21.0. The minimum Gasteiger partial charge on any atom is -0.506 e. The van der Waals surface area contributed by atoms with Gasteiger partial charge in [0.05, 0.1) is 17.1 Å². The Labute approximate surface area is 173 Å². The minimum absolute atomic E-state index is 0.00132. The zero-order valence-corrected chi connectivity index (χ0v) is 17.9. The molecule has 0 aliphatic carbocycles. The van der Waals surface area contributed by atoms with Crippen molar-refractivity contribution in [2.45, 2.75) is 31.1 Å². The lowest BCUT2D eigenvalue weighted by Crippen LogP contribution is -2.35. The summed E-state index contributed by atoms with van der Waals surface area (Å²) < 4.78 is 27.3. The van der Waals surface area contributed by atoms with Crippen molar-refractivity contribution in [1.29, 1.82) is 0 Å². The van der Waals surface area contributed by atoms with Gasteiger partial charge < -0.3 is 15.3 Å². The molecule has 2 heterocycles. The summed E-state index contributed by atoms with van der Waals surface area (Å²) in [5.74, 6) is -0.380. The molecule has 0 saturated carbocycles. The summed E-state index contributed by atoms with van der Waals surface area (Å²) in [4.78, 5) is 15.4. The SMILES string of the molecule is CC(C)(C)c1ccc(O)c(NC(=O)c2ccc3c(c2)SC2=NS(=O)(=O)CCN23)c1. The van der Waals surface area contributed by atoms with Crippen LogP contribution in [-0.4, -0.2) is 36.9 Å². The Morgan fingerprint density at radius 2 is 1.97 bits per heavy atom. The monoisotopic (exact) mass is 431 g/mol. The molecular formula is C20H21N3O4S2. The molecule has 0 saturated heterocycles. The maximum Gasteiger partial charge on any atom is 0.257 e. The first-order chi connectivity index (χ1) is 13.5. The van der Waals surface area contributed by atoms with Gasteiger partial charge in [0.25, 0.3) is 15.9 Å². The van der Waals surface area contributed by atoms with E-state index >= 15 is 0 Å². The maximum absolute atomic E-state index is 12.8. The topological polar surface area (TPSA) is 99.1 Å². The van der Waals surface area contributed by atoms with Gasteiger partial charge in [-0.05, 0) is 53.1 Å². The molecule has 29 heavy (non-hydrogen) atoms. The number of amidine groups is 1. The van der Waals surface area contributed by atoms with Crippen molar-refractivity contribution >= 4 is 44.2 Å². The van der Waals surface area contributed by atoms with Crippen LogP contribution in [0.15, 0.2) is 45.7 Å². The van der Waals surface area contributed by atoms with E-state index in [4.69, 9.17) is 0 Å². The van der Waals surface area contributed by atoms with E-state index in [1.165, 1.54) is 11.8 Å². The van der Waals surface area contributed by atoms with Gasteiger partial charge >= 0.3 is 0 Å². The Morgan fingerprint density at radius 3 is 2.69 bits per heavy atom. The molecule has 0 atom stereocenters. The van der Waals surface area contributed by atoms with Crippen molar-refractivity contribution in [3.05, 3.63) is 47.5 Å². The second-order valence-electron chi connectivity index (χ2n) is 8.03. The summed E-state index contributed by atoms with van der Waals surface area (Å²) in [6.07, 6.45) is 0. The summed E-state index contributed by atoms with van der Waals surface area (Å²) in [5.41, 5.74) is 2.48. The van der Waals surface area contributed by atoms with E-state index in [9.17, 15) is 18.3 Å². The molecule has 2 N–H and O–H groups in total. The predicted molar refractivity (Wildman–Crippen MR) is 116 cm³/mol. The summed E-state index contributed by atoms with van der Waals surface area (Å²) in [5, 5.41) is 13.3. The van der Waals surface area contributed by atoms with Crippen LogP contribution in [0.25, 0.3) is 0 Å². The number of sulfonamides is 1. The summed E-state index contributed by atoms with van der Waals surface area (Å²) >= 11 is 1.24. The largest absolute Gasteiger partial charge is 0.506 e. The van der Waals surface area contributed by atoms with Crippen LogP contribution in [-0.2, 0) is 15.4 Å². The highest BCUT2D eigenvalue weighted by Crippen LogP contribution is 2.42. The number of hydrogen-bond donors (Lipinski definition) is 2. The number of rotatable bonds is 2. The Morgan fingerprint density at radius 1 is 1.21 bits per heavy atom. The number of nitrogens with zero attached hydrogens (tertiary/aromatic N) is 2. The fourth-order valence-corrected chi connectivity index (χ4v) is 5.47. The van der Waals surface area contributed by atoms with E-state index in [0.29, 0.717) is 23.0 Å². The molecule has 1 amide bonds. The number of carbonyl (C=O) groups excluding carboxylic acids is 1. The number of hydrogen-bond acceptors (Lipinski definition) is 6. The lowest BCUT2D eigenvalue weighted by molar-refractivity contribution is 0.102. The molecule has 2 aliphatic heterocycles. The van der Waals surface area contributed by atoms with Crippen molar-refractivity contribution in [3.8, 4) is 5.75 Å². The number of anilines is 2. The van der Waals surface area contributed by atoms with Gasteiger partial charge in [0.1, 0.15) is 5.75 Å². The maximum atomic E-state index is 12.8. The van der Waals surface area contributed by atoms with Crippen LogP contribution in [0.1, 0.15) is 36.7 Å². The van der Waals surface area contributed by atoms with Gasteiger partial charge in [-0.1, -0.05) is 26.8 Å². The van der Waals surface area contributed by atoms with E-state index in [1.807, 2.05) is 11.0 Å². The second-order valence-corrected chi connectivity index (χ2v) is 10.8. The smallest absolute Gasteiger partial charge is 0.257 e. The number of carbonyl (C=O) groups is 1. The third-order valence-electron chi connectivity index (χ3n) is 4.85. The number of amides is 1. The van der Waals surface area contributed by atoms with Gasteiger partial charge in [0.15, 0.2) is 5.17 Å². The predicted octanol–water partition coefficient (Wildman–Crippen LogP) is 3.55. The highest BCUT2D eigenvalue weighted by Gasteiger charge is 2.33. The van der Waals surface area contributed by atoms with Gasteiger partial charge in [-0.3, -0.25) is 4.79 Å². The molecular weight excluding hydrogens is 410 g/mol. The van der Waals surface area contributed by atoms with Crippen LogP contribution < -0.4 is 10.2 Å². The standard InChI is InChI=1S/C20H21N3O4S2/c1-20(2,3)13-5-7-16(24)14(11-13)21-18(25)12-4-6-15-17(10-12)28-19-22-29(26,27)9-8-23(15)19/h4-7,10-11,24H,8-9H2,1-3H3,(H,21,25). The number of nitrogens with one attached hydrogen (secondary N) is 1. The number of phenolic OH excluding ortho intramolecular Hbond substituents is 1. The third kappa shape index (κ3) is 3.84. The van der Waals surface area contributed by atoms with Crippen molar-refractivity contribution in [3.63, 3.8) is 0 Å². The van der Waals surface area contributed by atoms with E-state index in [0.717, 1.165) is 16.1 Å². The highest BCUT2D eigenvalue weighted by molar-refractivity contribution is 8.15. The first kappa shape index (κ1) is 19.8. The minimum atomic E-state index is -3.42. The van der Waals surface area contributed by atoms with Crippen molar-refractivity contribution in [2.75, 3.05) is 22.5 Å². The quantitative estimate of drug-likeness (QED) is 0.706. The first-order valence-electron chi connectivity index (χ1n) is 9.10. The van der Waals surface area contributed by atoms with Crippen molar-refractivity contribution in [2.24, 2.45) is 4.40 Å². The summed E-state index contributed by atoms with van der Waals surface area (Å²) in [6.45, 7) is 6.52. The zero-order valence-electron chi connectivity index (χ0n) is 16.3. The van der Waals surface area contributed by atoms with Gasteiger partial charge in [0.2, 0.25) is 0 Å². The van der Waals surface area contributed by atoms with E-state index < -0.39 is 10.0 Å². The van der Waals surface area contributed by atoms with Crippen LogP contribution in [0.4, 0.5) is 11.4 Å². The fourth-order valence-electron chi connectivity index (χ4n) is 3.17. The molecule has 0 aromatic heterocycles. The number of fused-ring (bicyclic) bond motifs is 3. The van der Waals surface area contributed by atoms with E-state index in [-0.39, 0.29) is 22.8 Å². The Kier molecular flexibility index (Phi) is 4.62. The third-order valence-corrected chi connectivity index (χ3v) is 7.15. The molecule has 152 valence electrons. The molecule has 4 rings (SSSR count). The molecule has 7 nitrogen and oxygen atoms in total. The molecule has 0 radical (unpaired) electrons. The van der Waals surface area contributed by atoms with Crippen LogP contribution in [0.2, 0.25) is 0 Å². The van der Waals surface area contributed by atoms with Crippen LogP contribution in [0.5, 0.6) is 5.75 Å². The molecule has 9 heteroatoms. The molecule has 0 bridgehead atoms. The molecule has 0 spiro atoms. The Balaban J connectivity index is 1.60. The Hall–Kier alpha value is -2.52. The van der Waals surface area contributed by atoms with E-state index in [2.05, 4.69) is 30.5 Å². The van der Waals surface area contributed by atoms with Crippen LogP contribution >= 0.6 is 11.8 Å². The average molecular weight is 432 g/mol. The molecule has 0 unspecified atom stereocenters. The van der Waals surface area contributed by atoms with E-state index in [1.54, 1.807) is 30.3 Å². The number of phenols is 1. The van der Waals surface area contributed by atoms with Crippen molar-refractivity contribution < 1.29 is 18.3 Å². The average Bonchev–Trinajstić information content (AvgIpc) is 2.97. The Bertz CT molecular complexity index is 1150. The number of benzene rings is 2. The first-order valence-corrected chi connectivity index (χ1v) is 11.5. The number of thioether (sulfide) groups is 1. The summed E-state index contributed by atoms with van der Waals surface area (Å²) in [7, 11) is -3.42. The van der Waals surface area contributed by atoms with Crippen LogP contribution in [0, 0.1) is 0 Å². The molecule has 2 aromatic rings. The van der Waals surface area contributed by atoms with Gasteiger partial charge in [-0.2, -0.15) is 0 Å².